The maximum Gasteiger partial charge on any atom is 0.156 e. The van der Waals surface area contributed by atoms with Crippen molar-refractivity contribution in [3.8, 4) is 6.07 Å². The van der Waals surface area contributed by atoms with Gasteiger partial charge in [0.25, 0.3) is 0 Å². The molecule has 0 radical (unpaired) electrons. The topological polar surface area (TPSA) is 62.3 Å². The molecule has 0 saturated carbocycles. The molecule has 1 fully saturated rings. The molecule has 0 bridgehead atoms. The molecular weight excluding hydrogens is 202 g/mol. The summed E-state index contributed by atoms with van der Waals surface area (Å²) in [6.07, 6.45) is -0.296. The number of hydrogen-bond acceptors (Lipinski definition) is 4. The van der Waals surface area contributed by atoms with Gasteiger partial charge >= 0.3 is 0 Å². The van der Waals surface area contributed by atoms with Gasteiger partial charge in [-0.25, -0.2) is 0 Å². The Labute approximate surface area is 95.2 Å². The van der Waals surface area contributed by atoms with E-state index in [1.54, 1.807) is 0 Å². The second-order valence-corrected chi connectivity index (χ2v) is 3.97. The monoisotopic (exact) mass is 217 g/mol. The summed E-state index contributed by atoms with van der Waals surface area (Å²) in [5, 5.41) is 8.80. The molecule has 1 saturated heterocycles. The van der Waals surface area contributed by atoms with Gasteiger partial charge in [-0.15, -0.1) is 0 Å². The summed E-state index contributed by atoms with van der Waals surface area (Å²) in [6.45, 7) is 2.99. The molecule has 1 unspecified atom stereocenters. The lowest BCUT2D eigenvalue weighted by Crippen LogP contribution is -2.41. The molecule has 0 aromatic heterocycles. The Hall–Kier alpha value is -1.57. The average molecular weight is 217 g/mol. The van der Waals surface area contributed by atoms with Crippen LogP contribution in [0.3, 0.4) is 0 Å². The van der Waals surface area contributed by atoms with E-state index >= 15 is 0 Å². The molecule has 2 N–H and O–H groups in total. The minimum atomic E-state index is -0.296. The lowest BCUT2D eigenvalue weighted by Gasteiger charge is -2.29. The third kappa shape index (κ3) is 2.72. The van der Waals surface area contributed by atoms with Crippen LogP contribution in [0.15, 0.2) is 24.3 Å². The zero-order valence-electron chi connectivity index (χ0n) is 9.10. The molecule has 1 aromatic rings. The normalized spacial score (nSPS) is 21.6. The third-order valence-electron chi connectivity index (χ3n) is 2.65. The van der Waals surface area contributed by atoms with Gasteiger partial charge < -0.3 is 10.5 Å². The Morgan fingerprint density at radius 1 is 1.56 bits per heavy atom. The van der Waals surface area contributed by atoms with E-state index in [1.165, 1.54) is 5.56 Å². The number of rotatable bonds is 2. The number of benzene rings is 1. The number of nitrogens with zero attached hydrogens (tertiary/aromatic N) is 2. The molecule has 2 rings (SSSR count). The van der Waals surface area contributed by atoms with E-state index in [2.05, 4.69) is 11.0 Å². The summed E-state index contributed by atoms with van der Waals surface area (Å²) >= 11 is 0. The molecule has 1 heterocycles. The predicted octanol–water partition coefficient (Wildman–Crippen LogP) is 0.993. The summed E-state index contributed by atoms with van der Waals surface area (Å²) in [5.41, 5.74) is 7.68. The van der Waals surface area contributed by atoms with Crippen molar-refractivity contribution >= 4 is 5.69 Å². The van der Waals surface area contributed by atoms with Crippen LogP contribution in [0, 0.1) is 11.3 Å². The standard InChI is InChI=1S/C12H15N3O/c13-7-12-9-15(4-5-16-12)8-10-2-1-3-11(14)6-10/h1-3,6,12H,4-5,8-9,14H2. The number of hydrogen-bond donors (Lipinski definition) is 1. The molecule has 1 aliphatic heterocycles. The van der Waals surface area contributed by atoms with Crippen molar-refractivity contribution in [2.45, 2.75) is 12.6 Å². The maximum atomic E-state index is 8.80. The van der Waals surface area contributed by atoms with Crippen LogP contribution in [0.2, 0.25) is 0 Å². The van der Waals surface area contributed by atoms with Gasteiger partial charge in [0.1, 0.15) is 0 Å². The largest absolute Gasteiger partial charge is 0.399 e. The number of morpholine rings is 1. The van der Waals surface area contributed by atoms with E-state index in [0.717, 1.165) is 18.8 Å². The molecule has 84 valence electrons. The molecule has 0 amide bonds. The van der Waals surface area contributed by atoms with Crippen molar-refractivity contribution in [2.24, 2.45) is 0 Å². The quantitative estimate of drug-likeness (QED) is 0.750. The summed E-state index contributed by atoms with van der Waals surface area (Å²) in [7, 11) is 0. The zero-order chi connectivity index (χ0) is 11.4. The van der Waals surface area contributed by atoms with Crippen LogP contribution in [-0.2, 0) is 11.3 Å². The van der Waals surface area contributed by atoms with Gasteiger partial charge in [0, 0.05) is 25.3 Å². The highest BCUT2D eigenvalue weighted by Gasteiger charge is 2.19. The van der Waals surface area contributed by atoms with Crippen LogP contribution in [0.5, 0.6) is 0 Å². The highest BCUT2D eigenvalue weighted by molar-refractivity contribution is 5.40. The Bertz CT molecular complexity index is 399. The van der Waals surface area contributed by atoms with Crippen molar-refractivity contribution in [2.75, 3.05) is 25.4 Å². The van der Waals surface area contributed by atoms with Gasteiger partial charge in [0.15, 0.2) is 6.10 Å². The SMILES string of the molecule is N#CC1CN(Cc2cccc(N)c2)CCO1. The molecular formula is C12H15N3O. The highest BCUT2D eigenvalue weighted by Crippen LogP contribution is 2.12. The van der Waals surface area contributed by atoms with Crippen molar-refractivity contribution in [3.63, 3.8) is 0 Å². The van der Waals surface area contributed by atoms with Gasteiger partial charge in [-0.05, 0) is 17.7 Å². The van der Waals surface area contributed by atoms with Gasteiger partial charge in [-0.2, -0.15) is 5.26 Å². The fourth-order valence-electron chi connectivity index (χ4n) is 1.87. The van der Waals surface area contributed by atoms with E-state index in [0.29, 0.717) is 13.2 Å². The van der Waals surface area contributed by atoms with E-state index in [4.69, 9.17) is 15.7 Å². The summed E-state index contributed by atoms with van der Waals surface area (Å²) in [6, 6.07) is 9.99. The Morgan fingerprint density at radius 3 is 3.19 bits per heavy atom. The van der Waals surface area contributed by atoms with Crippen molar-refractivity contribution in [3.05, 3.63) is 29.8 Å². The van der Waals surface area contributed by atoms with Gasteiger partial charge in [0.05, 0.1) is 12.7 Å². The molecule has 1 aromatic carbocycles. The van der Waals surface area contributed by atoms with Crippen molar-refractivity contribution in [1.82, 2.24) is 4.90 Å². The number of nitriles is 1. The summed E-state index contributed by atoms with van der Waals surface area (Å²) in [5.74, 6) is 0. The first-order valence-electron chi connectivity index (χ1n) is 5.36. The molecule has 4 nitrogen and oxygen atoms in total. The van der Waals surface area contributed by atoms with Crippen LogP contribution in [0.1, 0.15) is 5.56 Å². The maximum absolute atomic E-state index is 8.80. The van der Waals surface area contributed by atoms with Crippen LogP contribution in [0.25, 0.3) is 0 Å². The molecule has 16 heavy (non-hydrogen) atoms. The lowest BCUT2D eigenvalue weighted by atomic mass is 10.1. The number of nitrogen functional groups attached to an aromatic ring is 1. The van der Waals surface area contributed by atoms with Gasteiger partial charge in [-0.3, -0.25) is 4.90 Å². The van der Waals surface area contributed by atoms with Crippen molar-refractivity contribution < 1.29 is 4.74 Å². The average Bonchev–Trinajstić information content (AvgIpc) is 2.29. The number of ether oxygens (including phenoxy) is 1. The van der Waals surface area contributed by atoms with E-state index in [1.807, 2.05) is 24.3 Å². The summed E-state index contributed by atoms with van der Waals surface area (Å²) < 4.78 is 5.29. The summed E-state index contributed by atoms with van der Waals surface area (Å²) in [4.78, 5) is 2.21. The van der Waals surface area contributed by atoms with Crippen LogP contribution in [0.4, 0.5) is 5.69 Å². The predicted molar refractivity (Wildman–Crippen MR) is 61.5 cm³/mol. The molecule has 1 aliphatic rings. The fourth-order valence-corrected chi connectivity index (χ4v) is 1.87. The molecule has 1 atom stereocenters. The number of nitrogens with two attached hydrogens (primary N) is 1. The Kier molecular flexibility index (Phi) is 3.40. The Balaban J connectivity index is 1.97. The second kappa shape index (κ2) is 4.97. The van der Waals surface area contributed by atoms with Crippen LogP contribution < -0.4 is 5.73 Å². The highest BCUT2D eigenvalue weighted by atomic mass is 16.5. The van der Waals surface area contributed by atoms with Crippen LogP contribution in [-0.4, -0.2) is 30.7 Å². The second-order valence-electron chi connectivity index (χ2n) is 3.97. The van der Waals surface area contributed by atoms with Crippen LogP contribution >= 0.6 is 0 Å². The van der Waals surface area contributed by atoms with E-state index in [9.17, 15) is 0 Å². The molecule has 0 spiro atoms. The zero-order valence-corrected chi connectivity index (χ0v) is 9.10. The van der Waals surface area contributed by atoms with Crippen molar-refractivity contribution in [1.29, 1.82) is 5.26 Å². The first-order valence-corrected chi connectivity index (χ1v) is 5.36. The minimum Gasteiger partial charge on any atom is -0.399 e. The fraction of sp³-hybridized carbons (Fsp3) is 0.417. The van der Waals surface area contributed by atoms with Gasteiger partial charge in [-0.1, -0.05) is 12.1 Å². The Morgan fingerprint density at radius 2 is 2.44 bits per heavy atom. The first kappa shape index (κ1) is 10.9. The van der Waals surface area contributed by atoms with Gasteiger partial charge in [0.2, 0.25) is 0 Å². The first-order chi connectivity index (χ1) is 7.78. The number of anilines is 1. The smallest absolute Gasteiger partial charge is 0.156 e. The lowest BCUT2D eigenvalue weighted by molar-refractivity contribution is -0.00268. The molecule has 4 heteroatoms. The van der Waals surface area contributed by atoms with E-state index in [-0.39, 0.29) is 6.10 Å². The minimum absolute atomic E-state index is 0.296. The van der Waals surface area contributed by atoms with E-state index < -0.39 is 0 Å². The third-order valence-corrected chi connectivity index (χ3v) is 2.65. The molecule has 0 aliphatic carbocycles.